The van der Waals surface area contributed by atoms with E-state index in [9.17, 15) is 19.8 Å². The minimum absolute atomic E-state index is 0.104. The van der Waals surface area contributed by atoms with E-state index in [1.165, 1.54) is 19.2 Å². The lowest BCUT2D eigenvalue weighted by Crippen LogP contribution is -2.22. The maximum Gasteiger partial charge on any atom is 0.339 e. The van der Waals surface area contributed by atoms with Crippen molar-refractivity contribution < 1.29 is 34.8 Å². The molecule has 0 spiro atoms. The fraction of sp³-hybridized carbons (Fsp3) is 0.333. The van der Waals surface area contributed by atoms with Gasteiger partial charge in [-0.1, -0.05) is 6.07 Å². The molecule has 2 atom stereocenters. The second-order valence-corrected chi connectivity index (χ2v) is 3.87. The van der Waals surface area contributed by atoms with Crippen molar-refractivity contribution in [3.8, 4) is 5.75 Å². The molecule has 7 nitrogen and oxygen atoms in total. The molecular formula is C12H14O7. The largest absolute Gasteiger partial charge is 0.496 e. The van der Waals surface area contributed by atoms with Gasteiger partial charge in [0.05, 0.1) is 19.6 Å². The predicted octanol–water partition coefficient (Wildman–Crippen LogP) is 0.262. The number of carbonyl (C=O) groups is 2. The number of hydrogen-bond acceptors (Lipinski definition) is 5. The van der Waals surface area contributed by atoms with Gasteiger partial charge in [0.2, 0.25) is 0 Å². The first-order valence-corrected chi connectivity index (χ1v) is 5.36. The summed E-state index contributed by atoms with van der Waals surface area (Å²) >= 11 is 0. The van der Waals surface area contributed by atoms with Crippen LogP contribution in [-0.4, -0.2) is 45.6 Å². The van der Waals surface area contributed by atoms with Crippen molar-refractivity contribution in [1.29, 1.82) is 0 Å². The Labute approximate surface area is 108 Å². The summed E-state index contributed by atoms with van der Waals surface area (Å²) in [5.41, 5.74) is -0.0754. The summed E-state index contributed by atoms with van der Waals surface area (Å²) in [6.45, 7) is 0. The second kappa shape index (κ2) is 6.17. The lowest BCUT2D eigenvalue weighted by molar-refractivity contribution is -0.141. The minimum atomic E-state index is -1.52. The number of benzene rings is 1. The van der Waals surface area contributed by atoms with Gasteiger partial charge in [-0.05, 0) is 17.7 Å². The van der Waals surface area contributed by atoms with E-state index in [1.807, 2.05) is 0 Å². The van der Waals surface area contributed by atoms with Gasteiger partial charge in [-0.2, -0.15) is 0 Å². The maximum atomic E-state index is 11.0. The van der Waals surface area contributed by atoms with Gasteiger partial charge in [-0.3, -0.25) is 4.79 Å². The number of aliphatic hydroxyl groups is 2. The van der Waals surface area contributed by atoms with Crippen molar-refractivity contribution in [1.82, 2.24) is 0 Å². The summed E-state index contributed by atoms with van der Waals surface area (Å²) in [4.78, 5) is 21.4. The van der Waals surface area contributed by atoms with E-state index in [0.717, 1.165) is 6.07 Å². The molecule has 4 N–H and O–H groups in total. The highest BCUT2D eigenvalue weighted by atomic mass is 16.5. The van der Waals surface area contributed by atoms with Crippen molar-refractivity contribution in [2.24, 2.45) is 0 Å². The maximum absolute atomic E-state index is 11.0. The van der Waals surface area contributed by atoms with Gasteiger partial charge in [0.25, 0.3) is 0 Å². The highest BCUT2D eigenvalue weighted by molar-refractivity contribution is 5.91. The molecule has 0 saturated carbocycles. The average molecular weight is 270 g/mol. The summed E-state index contributed by atoms with van der Waals surface area (Å²) in [5, 5.41) is 36.7. The third kappa shape index (κ3) is 3.67. The van der Waals surface area contributed by atoms with Gasteiger partial charge >= 0.3 is 11.9 Å². The Morgan fingerprint density at radius 2 is 1.89 bits per heavy atom. The Bertz CT molecular complexity index is 483. The summed E-state index contributed by atoms with van der Waals surface area (Å²) in [6.07, 6.45) is -3.65. The molecule has 0 aliphatic rings. The molecule has 0 amide bonds. The van der Waals surface area contributed by atoms with Crippen LogP contribution in [0, 0.1) is 0 Å². The van der Waals surface area contributed by atoms with E-state index in [0.29, 0.717) is 0 Å². The number of hydrogen-bond donors (Lipinski definition) is 4. The molecule has 0 aliphatic carbocycles. The molecule has 0 fully saturated rings. The second-order valence-electron chi connectivity index (χ2n) is 3.87. The number of carboxylic acid groups (broad SMARTS) is 2. The number of methoxy groups -OCH3 is 1. The third-order valence-electron chi connectivity index (χ3n) is 2.54. The fourth-order valence-electron chi connectivity index (χ4n) is 1.59. The van der Waals surface area contributed by atoms with Gasteiger partial charge in [0.15, 0.2) is 0 Å². The van der Waals surface area contributed by atoms with Gasteiger partial charge in [0, 0.05) is 0 Å². The highest BCUT2D eigenvalue weighted by Crippen LogP contribution is 2.25. The topological polar surface area (TPSA) is 124 Å². The van der Waals surface area contributed by atoms with Crippen LogP contribution in [0.1, 0.15) is 28.4 Å². The summed E-state index contributed by atoms with van der Waals surface area (Å²) in [7, 11) is 1.30. The monoisotopic (exact) mass is 270 g/mol. The number of aliphatic carboxylic acids is 1. The van der Waals surface area contributed by atoms with Crippen molar-refractivity contribution in [2.75, 3.05) is 7.11 Å². The molecular weight excluding hydrogens is 256 g/mol. The fourth-order valence-corrected chi connectivity index (χ4v) is 1.59. The van der Waals surface area contributed by atoms with Crippen LogP contribution in [0.3, 0.4) is 0 Å². The molecule has 104 valence electrons. The molecule has 1 rings (SSSR count). The van der Waals surface area contributed by atoms with Crippen LogP contribution < -0.4 is 4.74 Å². The van der Waals surface area contributed by atoms with E-state index < -0.39 is 30.6 Å². The Kier molecular flexibility index (Phi) is 4.85. The smallest absolute Gasteiger partial charge is 0.339 e. The van der Waals surface area contributed by atoms with Crippen LogP contribution in [0.5, 0.6) is 5.75 Å². The van der Waals surface area contributed by atoms with Gasteiger partial charge < -0.3 is 25.2 Å². The van der Waals surface area contributed by atoms with E-state index in [4.69, 9.17) is 14.9 Å². The molecule has 0 aromatic heterocycles. The number of carboxylic acids is 2. The molecule has 0 heterocycles. The molecule has 7 heteroatoms. The zero-order valence-electron chi connectivity index (χ0n) is 10.1. The molecule has 1 aromatic carbocycles. The Morgan fingerprint density at radius 3 is 2.37 bits per heavy atom. The Balaban J connectivity index is 3.04. The number of aromatic carboxylic acids is 1. The zero-order valence-corrected chi connectivity index (χ0v) is 10.1. The van der Waals surface area contributed by atoms with E-state index in [1.54, 1.807) is 0 Å². The molecule has 2 unspecified atom stereocenters. The average Bonchev–Trinajstić information content (AvgIpc) is 2.36. The van der Waals surface area contributed by atoms with E-state index in [2.05, 4.69) is 0 Å². The number of aliphatic hydroxyl groups excluding tert-OH is 2. The Hall–Kier alpha value is -2.12. The van der Waals surface area contributed by atoms with Crippen LogP contribution in [-0.2, 0) is 4.79 Å². The predicted molar refractivity (Wildman–Crippen MR) is 63.2 cm³/mol. The minimum Gasteiger partial charge on any atom is -0.496 e. The van der Waals surface area contributed by atoms with Crippen LogP contribution in [0.2, 0.25) is 0 Å². The number of ether oxygens (including phenoxy) is 1. The molecule has 1 aromatic rings. The van der Waals surface area contributed by atoms with Gasteiger partial charge in [-0.15, -0.1) is 0 Å². The lowest BCUT2D eigenvalue weighted by Gasteiger charge is -2.17. The van der Waals surface area contributed by atoms with Crippen LogP contribution in [0.15, 0.2) is 18.2 Å². The van der Waals surface area contributed by atoms with Crippen LogP contribution in [0.25, 0.3) is 0 Å². The van der Waals surface area contributed by atoms with E-state index >= 15 is 0 Å². The number of rotatable bonds is 6. The highest BCUT2D eigenvalue weighted by Gasteiger charge is 2.23. The summed E-state index contributed by atoms with van der Waals surface area (Å²) in [6, 6.07) is 3.83. The van der Waals surface area contributed by atoms with Gasteiger partial charge in [-0.25, -0.2) is 4.79 Å². The molecule has 0 bridgehead atoms. The van der Waals surface area contributed by atoms with Crippen molar-refractivity contribution in [3.63, 3.8) is 0 Å². The quantitative estimate of drug-likeness (QED) is 0.584. The Morgan fingerprint density at radius 1 is 1.26 bits per heavy atom. The third-order valence-corrected chi connectivity index (χ3v) is 2.54. The first kappa shape index (κ1) is 14.9. The summed E-state index contributed by atoms with van der Waals surface area (Å²) < 4.78 is 4.85. The van der Waals surface area contributed by atoms with Crippen molar-refractivity contribution >= 4 is 11.9 Å². The molecule has 19 heavy (non-hydrogen) atoms. The molecule has 0 radical (unpaired) electrons. The SMILES string of the molecule is COc1ccc(C(O)C(O)CC(=O)O)cc1C(=O)O. The molecule has 0 saturated heterocycles. The van der Waals surface area contributed by atoms with Crippen molar-refractivity contribution in [3.05, 3.63) is 29.3 Å². The lowest BCUT2D eigenvalue weighted by atomic mass is 9.99. The summed E-state index contributed by atoms with van der Waals surface area (Å²) in [5.74, 6) is -2.41. The standard InChI is InChI=1S/C12H14O7/c1-19-9-3-2-6(4-7(9)12(17)18)11(16)8(13)5-10(14)15/h2-4,8,11,13,16H,5H2,1H3,(H,14,15)(H,17,18). The molecule has 0 aliphatic heterocycles. The van der Waals surface area contributed by atoms with Crippen LogP contribution >= 0.6 is 0 Å². The van der Waals surface area contributed by atoms with E-state index in [-0.39, 0.29) is 16.9 Å². The van der Waals surface area contributed by atoms with Crippen LogP contribution in [0.4, 0.5) is 0 Å². The first-order chi connectivity index (χ1) is 8.86. The van der Waals surface area contributed by atoms with Gasteiger partial charge in [0.1, 0.15) is 17.4 Å². The first-order valence-electron chi connectivity index (χ1n) is 5.36. The zero-order chi connectivity index (χ0) is 14.6. The normalized spacial score (nSPS) is 13.6. The van der Waals surface area contributed by atoms with Crippen molar-refractivity contribution in [2.45, 2.75) is 18.6 Å².